The molecule has 0 aromatic heterocycles. The summed E-state index contributed by atoms with van der Waals surface area (Å²) in [7, 11) is 0. The van der Waals surface area contributed by atoms with E-state index in [1.54, 1.807) is 47.9 Å². The number of carboxylic acid groups (broad SMARTS) is 11. The molecule has 41 heteroatoms. The van der Waals surface area contributed by atoms with Gasteiger partial charge in [0.1, 0.15) is 54.4 Å². The maximum absolute atomic E-state index is 13.5. The van der Waals surface area contributed by atoms with E-state index in [1.807, 2.05) is 0 Å². The fourth-order valence-electron chi connectivity index (χ4n) is 6.18. The maximum atomic E-state index is 13.5. The van der Waals surface area contributed by atoms with Crippen molar-refractivity contribution in [1.82, 2.24) is 47.9 Å². The second kappa shape index (κ2) is 33.5. The first-order valence-corrected chi connectivity index (χ1v) is 22.2. The van der Waals surface area contributed by atoms with Crippen molar-refractivity contribution in [3.05, 3.63) is 0 Å². The van der Waals surface area contributed by atoms with E-state index in [9.17, 15) is 142 Å². The van der Waals surface area contributed by atoms with Crippen LogP contribution in [0.1, 0.15) is 64.2 Å². The van der Waals surface area contributed by atoms with Crippen molar-refractivity contribution in [2.75, 3.05) is 0 Å². The maximum Gasteiger partial charge on any atom is 0.326 e. The predicted octanol–water partition coefficient (Wildman–Crippen LogP) is -10.5. The fraction of sp³-hybridized carbons (Fsp3) is 0.500. The summed E-state index contributed by atoms with van der Waals surface area (Å²) in [5.41, 5.74) is 5.40. The van der Waals surface area contributed by atoms with E-state index >= 15 is 0 Å². The second-order valence-corrected chi connectivity index (χ2v) is 16.5. The number of amides is 9. The number of rotatable bonds is 39. The van der Waals surface area contributed by atoms with E-state index in [1.165, 1.54) is 0 Å². The number of carbonyl (C=O) groups excluding carboxylic acids is 9. The fourth-order valence-corrected chi connectivity index (χ4v) is 6.18. The zero-order valence-corrected chi connectivity index (χ0v) is 41.0. The molecule has 81 heavy (non-hydrogen) atoms. The minimum atomic E-state index is -2.56. The number of nitrogens with one attached hydrogen (secondary N) is 9. The molecule has 0 aliphatic heterocycles. The molecule has 0 aliphatic rings. The zero-order chi connectivity index (χ0) is 62.8. The summed E-state index contributed by atoms with van der Waals surface area (Å²) in [6, 6.07) is -23.7. The normalized spacial score (nSPS) is 14.3. The molecular formula is C40H52N10O31. The SMILES string of the molecule is N[C@@H](CC(=O)O)C(=O)N[C@@H](CC(=O)O)C(=O)N[C@@H](CC(=O)O)C(=O)N[C@@H](CC(=O)O)C(=O)N[C@@H](CC(=O)O)C(=O)N[C@@H](CC(=O)O)C(=O)N[C@@H](CC(=O)O)C(=O)N[C@@H](CC(=O)O)C(=O)N[C@@H](CC(=O)O)C(=O)N[C@@H](CC(=O)O)C(=O)O. The van der Waals surface area contributed by atoms with Gasteiger partial charge in [0.05, 0.1) is 70.3 Å². The monoisotopic (exact) mass is 1170 g/mol. The number of carboxylic acids is 11. The van der Waals surface area contributed by atoms with Gasteiger partial charge in [-0.3, -0.25) is 91.1 Å². The van der Waals surface area contributed by atoms with Crippen molar-refractivity contribution in [2.24, 2.45) is 5.73 Å². The molecule has 0 bridgehead atoms. The molecule has 0 aromatic carbocycles. The molecule has 0 spiro atoms. The Bertz CT molecular complexity index is 2540. The number of hydrogen-bond donors (Lipinski definition) is 21. The van der Waals surface area contributed by atoms with Crippen LogP contribution in [0.5, 0.6) is 0 Å². The highest BCUT2D eigenvalue weighted by Crippen LogP contribution is 2.08. The van der Waals surface area contributed by atoms with Gasteiger partial charge < -0.3 is 110 Å². The molecule has 0 saturated heterocycles. The number of aliphatic carboxylic acids is 11. The first-order chi connectivity index (χ1) is 37.3. The molecule has 22 N–H and O–H groups in total. The number of hydrogen-bond acceptors (Lipinski definition) is 21. The number of nitrogens with two attached hydrogens (primary N) is 1. The molecule has 0 unspecified atom stereocenters. The van der Waals surface area contributed by atoms with Gasteiger partial charge in [-0.1, -0.05) is 0 Å². The molecule has 41 nitrogen and oxygen atoms in total. The van der Waals surface area contributed by atoms with Gasteiger partial charge in [-0.2, -0.15) is 0 Å². The van der Waals surface area contributed by atoms with E-state index < -0.39 is 243 Å². The van der Waals surface area contributed by atoms with Crippen LogP contribution in [0, 0.1) is 0 Å². The highest BCUT2D eigenvalue weighted by molar-refractivity contribution is 6.02. The smallest absolute Gasteiger partial charge is 0.326 e. The highest BCUT2D eigenvalue weighted by Gasteiger charge is 2.39. The predicted molar refractivity (Wildman–Crippen MR) is 246 cm³/mol. The van der Waals surface area contributed by atoms with Gasteiger partial charge in [0.25, 0.3) is 0 Å². The van der Waals surface area contributed by atoms with Gasteiger partial charge in [0.2, 0.25) is 53.2 Å². The third-order valence-electron chi connectivity index (χ3n) is 9.82. The quantitative estimate of drug-likeness (QED) is 0.0272. The molecule has 0 fully saturated rings. The standard InChI is InChI=1S/C40H52N10O31/c41-11(1-21(51)52)31(71)42-12(2-22(53)54)32(72)43-13(3-23(55)56)33(73)44-14(4-24(57)58)34(74)45-15(5-25(59)60)35(75)46-16(6-26(61)62)36(76)47-17(7-27(63)64)37(77)48-18(8-28(65)66)38(78)49-19(9-29(67)68)39(79)50-20(40(80)81)10-30(69)70/h11-20H,1-10,41H2,(H,42,71)(H,43,72)(H,44,73)(H,45,74)(H,46,75)(H,47,76)(H,48,77)(H,49,78)(H,50,79)(H,51,52)(H,53,54)(H,55,56)(H,57,58)(H,59,60)(H,61,62)(H,63,64)(H,65,66)(H,67,68)(H,69,70)(H,80,81)/t11-,12-,13-,14-,15-,16-,17-,18-,19-,20-/m0/s1. The molecule has 448 valence electrons. The molecule has 0 aliphatic carbocycles. The van der Waals surface area contributed by atoms with Crippen molar-refractivity contribution in [1.29, 1.82) is 0 Å². The lowest BCUT2D eigenvalue weighted by atomic mass is 10.1. The van der Waals surface area contributed by atoms with Crippen LogP contribution in [0.2, 0.25) is 0 Å². The van der Waals surface area contributed by atoms with E-state index in [2.05, 4.69) is 0 Å². The third kappa shape index (κ3) is 28.4. The minimum Gasteiger partial charge on any atom is -0.481 e. The van der Waals surface area contributed by atoms with Gasteiger partial charge in [-0.25, -0.2) is 4.79 Å². The molecular weight excluding hydrogens is 1120 g/mol. The highest BCUT2D eigenvalue weighted by atomic mass is 16.4. The Hall–Kier alpha value is -10.6. The van der Waals surface area contributed by atoms with E-state index in [4.69, 9.17) is 15.9 Å². The second-order valence-electron chi connectivity index (χ2n) is 16.5. The van der Waals surface area contributed by atoms with Gasteiger partial charge in [-0.15, -0.1) is 0 Å². The first kappa shape index (κ1) is 70.4. The summed E-state index contributed by atoms with van der Waals surface area (Å²) in [5, 5.41) is 118. The third-order valence-corrected chi connectivity index (χ3v) is 9.82. The van der Waals surface area contributed by atoms with Crippen LogP contribution in [0.4, 0.5) is 0 Å². The Morgan fingerprint density at radius 3 is 0.469 bits per heavy atom. The van der Waals surface area contributed by atoms with E-state index in [0.29, 0.717) is 0 Å². The van der Waals surface area contributed by atoms with Crippen molar-refractivity contribution in [3.63, 3.8) is 0 Å². The summed E-state index contributed by atoms with van der Waals surface area (Å²) in [6.07, 6.45) is -14.2. The van der Waals surface area contributed by atoms with Crippen LogP contribution in [0.15, 0.2) is 0 Å². The molecule has 0 radical (unpaired) electrons. The molecule has 0 rings (SSSR count). The van der Waals surface area contributed by atoms with Crippen molar-refractivity contribution in [3.8, 4) is 0 Å². The van der Waals surface area contributed by atoms with Crippen LogP contribution in [0.25, 0.3) is 0 Å². The molecule has 0 heterocycles. The number of carbonyl (C=O) groups is 20. The lowest BCUT2D eigenvalue weighted by Crippen LogP contribution is -2.61. The molecule has 0 saturated carbocycles. The Morgan fingerprint density at radius 1 is 0.210 bits per heavy atom. The minimum absolute atomic E-state index is 1.05. The molecule has 0 aromatic rings. The topological polar surface area (TPSA) is 698 Å². The van der Waals surface area contributed by atoms with Gasteiger partial charge >= 0.3 is 65.7 Å². The van der Waals surface area contributed by atoms with Crippen molar-refractivity contribution < 1.29 is 152 Å². The average molecular weight is 1170 g/mol. The first-order valence-electron chi connectivity index (χ1n) is 22.2. The summed E-state index contributed by atoms with van der Waals surface area (Å²) < 4.78 is 0. The van der Waals surface area contributed by atoms with Crippen molar-refractivity contribution in [2.45, 2.75) is 125 Å². The van der Waals surface area contributed by atoms with Crippen LogP contribution in [0.3, 0.4) is 0 Å². The molecule has 9 amide bonds. The van der Waals surface area contributed by atoms with Gasteiger partial charge in [-0.05, 0) is 0 Å². The van der Waals surface area contributed by atoms with Crippen LogP contribution < -0.4 is 53.6 Å². The summed E-state index contributed by atoms with van der Waals surface area (Å²) in [4.78, 5) is 246. The Kier molecular flexibility index (Phi) is 29.1. The lowest BCUT2D eigenvalue weighted by molar-refractivity contribution is -0.148. The largest absolute Gasteiger partial charge is 0.481 e. The summed E-state index contributed by atoms with van der Waals surface area (Å²) in [5.74, 6) is -36.6. The Morgan fingerprint density at radius 2 is 0.333 bits per heavy atom. The van der Waals surface area contributed by atoms with Crippen LogP contribution in [-0.4, -0.2) is 235 Å². The van der Waals surface area contributed by atoms with Crippen LogP contribution >= 0.6 is 0 Å². The van der Waals surface area contributed by atoms with E-state index in [-0.39, 0.29) is 0 Å². The van der Waals surface area contributed by atoms with Crippen LogP contribution in [-0.2, 0) is 95.9 Å². The van der Waals surface area contributed by atoms with Gasteiger partial charge in [0, 0.05) is 0 Å². The summed E-state index contributed by atoms with van der Waals surface area (Å²) in [6.45, 7) is 0. The Labute approximate surface area is 448 Å². The zero-order valence-electron chi connectivity index (χ0n) is 41.0. The lowest BCUT2D eigenvalue weighted by Gasteiger charge is -2.27. The average Bonchev–Trinajstić information content (AvgIpc) is 3.30. The van der Waals surface area contributed by atoms with Crippen molar-refractivity contribution >= 4 is 119 Å². The summed E-state index contributed by atoms with van der Waals surface area (Å²) >= 11 is 0. The van der Waals surface area contributed by atoms with Gasteiger partial charge in [0.15, 0.2) is 0 Å². The Balaban J connectivity index is 6.87. The molecule has 10 atom stereocenters. The van der Waals surface area contributed by atoms with E-state index in [0.717, 1.165) is 0 Å².